The van der Waals surface area contributed by atoms with Gasteiger partial charge in [-0.3, -0.25) is 20.3 Å². The molecule has 4 rings (SSSR count). The van der Waals surface area contributed by atoms with Gasteiger partial charge in [-0.25, -0.2) is 10.4 Å². The minimum absolute atomic E-state index is 0.0968. The first kappa shape index (κ1) is 15.0. The van der Waals surface area contributed by atoms with Crippen LogP contribution in [0.2, 0.25) is 0 Å². The van der Waals surface area contributed by atoms with Crippen LogP contribution in [0.15, 0.2) is 30.3 Å². The number of para-hydroxylation sites is 1. The molecule has 7 nitrogen and oxygen atoms in total. The second kappa shape index (κ2) is 4.52. The lowest BCUT2D eigenvalue weighted by Gasteiger charge is -2.39. The minimum Gasteiger partial charge on any atom is -0.312 e. The number of hydrogen-bond donors (Lipinski definition) is 3. The standard InChI is InChI=1S/C17H19N5O2/c1-9(2)16(3)15(24)20-17(21-18)13-11(14(23)22(16)17)8-10-6-4-5-7-12(10)19-13/h4-9,21H,18H2,1-3H3,(H,20,24). The van der Waals surface area contributed by atoms with E-state index in [1.807, 2.05) is 44.2 Å². The smallest absolute Gasteiger partial charge is 0.260 e. The van der Waals surface area contributed by atoms with E-state index in [0.717, 1.165) is 10.9 Å². The summed E-state index contributed by atoms with van der Waals surface area (Å²) >= 11 is 0. The predicted octanol–water partition coefficient (Wildman–Crippen LogP) is 0.809. The van der Waals surface area contributed by atoms with Crippen molar-refractivity contribution in [3.63, 3.8) is 0 Å². The zero-order chi connectivity index (χ0) is 17.3. The predicted molar refractivity (Wildman–Crippen MR) is 88.3 cm³/mol. The average Bonchev–Trinajstić information content (AvgIpc) is 2.95. The molecule has 1 aromatic carbocycles. The summed E-state index contributed by atoms with van der Waals surface area (Å²) in [4.78, 5) is 32.0. The Bertz CT molecular complexity index is 896. The molecule has 1 fully saturated rings. The molecule has 2 aliphatic heterocycles. The molecule has 0 aliphatic carbocycles. The second-order valence-electron chi connectivity index (χ2n) is 6.83. The molecule has 2 unspecified atom stereocenters. The first-order valence-electron chi connectivity index (χ1n) is 7.91. The van der Waals surface area contributed by atoms with E-state index < -0.39 is 11.3 Å². The van der Waals surface area contributed by atoms with Crippen molar-refractivity contribution in [1.82, 2.24) is 20.6 Å². The van der Waals surface area contributed by atoms with Crippen LogP contribution in [0, 0.1) is 5.92 Å². The highest BCUT2D eigenvalue weighted by Gasteiger charge is 2.67. The summed E-state index contributed by atoms with van der Waals surface area (Å²) in [5.74, 6) is 3.91. The first-order chi connectivity index (χ1) is 11.4. The Morgan fingerprint density at radius 2 is 2.00 bits per heavy atom. The number of nitrogens with two attached hydrogens (primary N) is 1. The number of rotatable bonds is 2. The summed E-state index contributed by atoms with van der Waals surface area (Å²) in [6, 6.07) is 9.36. The van der Waals surface area contributed by atoms with Crippen LogP contribution < -0.4 is 16.6 Å². The molecule has 7 heteroatoms. The van der Waals surface area contributed by atoms with Crippen LogP contribution in [0.25, 0.3) is 10.9 Å². The largest absolute Gasteiger partial charge is 0.312 e. The van der Waals surface area contributed by atoms with E-state index >= 15 is 0 Å². The maximum atomic E-state index is 13.1. The molecule has 24 heavy (non-hydrogen) atoms. The third-order valence-electron chi connectivity index (χ3n) is 5.39. The van der Waals surface area contributed by atoms with Gasteiger partial charge in [-0.1, -0.05) is 32.0 Å². The van der Waals surface area contributed by atoms with Gasteiger partial charge in [0.05, 0.1) is 11.1 Å². The molecular weight excluding hydrogens is 306 g/mol. The van der Waals surface area contributed by atoms with Gasteiger partial charge in [-0.15, -0.1) is 0 Å². The lowest BCUT2D eigenvalue weighted by Crippen LogP contribution is -2.63. The molecule has 2 aromatic rings. The summed E-state index contributed by atoms with van der Waals surface area (Å²) in [7, 11) is 0. The molecule has 2 aliphatic rings. The minimum atomic E-state index is -1.31. The van der Waals surface area contributed by atoms with E-state index in [1.165, 1.54) is 4.90 Å². The number of carbonyl (C=O) groups excluding carboxylic acids is 2. The van der Waals surface area contributed by atoms with Crippen molar-refractivity contribution in [2.24, 2.45) is 11.8 Å². The number of nitrogens with zero attached hydrogens (tertiary/aromatic N) is 2. The highest BCUT2D eigenvalue weighted by molar-refractivity contribution is 6.08. The fraction of sp³-hybridized carbons (Fsp3) is 0.353. The molecule has 0 bridgehead atoms. The molecule has 2 amide bonds. The molecule has 0 spiro atoms. The molecule has 2 atom stereocenters. The van der Waals surface area contributed by atoms with E-state index in [9.17, 15) is 9.59 Å². The summed E-state index contributed by atoms with van der Waals surface area (Å²) in [5.41, 5.74) is 3.26. The van der Waals surface area contributed by atoms with E-state index in [0.29, 0.717) is 11.3 Å². The Labute approximate surface area is 139 Å². The molecular formula is C17H19N5O2. The third-order valence-corrected chi connectivity index (χ3v) is 5.39. The number of hydrazine groups is 1. The van der Waals surface area contributed by atoms with Crippen molar-refractivity contribution in [1.29, 1.82) is 0 Å². The zero-order valence-electron chi connectivity index (χ0n) is 13.8. The fourth-order valence-corrected chi connectivity index (χ4v) is 3.69. The first-order valence-corrected chi connectivity index (χ1v) is 7.91. The van der Waals surface area contributed by atoms with E-state index in [2.05, 4.69) is 15.7 Å². The van der Waals surface area contributed by atoms with Gasteiger partial charge in [0.25, 0.3) is 5.91 Å². The molecule has 124 valence electrons. The Morgan fingerprint density at radius 3 is 2.67 bits per heavy atom. The summed E-state index contributed by atoms with van der Waals surface area (Å²) in [6.07, 6.45) is 0. The van der Waals surface area contributed by atoms with Gasteiger partial charge in [0.2, 0.25) is 11.7 Å². The highest BCUT2D eigenvalue weighted by atomic mass is 16.2. The zero-order valence-corrected chi connectivity index (χ0v) is 13.8. The Hall–Kier alpha value is -2.51. The average molecular weight is 325 g/mol. The number of carbonyl (C=O) groups is 2. The van der Waals surface area contributed by atoms with Gasteiger partial charge < -0.3 is 5.32 Å². The maximum Gasteiger partial charge on any atom is 0.260 e. The van der Waals surface area contributed by atoms with Crippen molar-refractivity contribution in [3.05, 3.63) is 41.6 Å². The van der Waals surface area contributed by atoms with Gasteiger partial charge in [-0.2, -0.15) is 0 Å². The summed E-state index contributed by atoms with van der Waals surface area (Å²) in [6.45, 7) is 5.58. The number of benzene rings is 1. The molecule has 3 heterocycles. The lowest BCUT2D eigenvalue weighted by atomic mass is 9.87. The Morgan fingerprint density at radius 1 is 1.29 bits per heavy atom. The molecule has 1 aromatic heterocycles. The number of pyridine rings is 1. The van der Waals surface area contributed by atoms with Crippen LogP contribution in [0.1, 0.15) is 36.8 Å². The Kier molecular flexibility index (Phi) is 2.83. The summed E-state index contributed by atoms with van der Waals surface area (Å²) < 4.78 is 0. The monoisotopic (exact) mass is 325 g/mol. The molecule has 4 N–H and O–H groups in total. The number of nitrogens with one attached hydrogen (secondary N) is 2. The fourth-order valence-electron chi connectivity index (χ4n) is 3.69. The van der Waals surface area contributed by atoms with Crippen molar-refractivity contribution in [3.8, 4) is 0 Å². The van der Waals surface area contributed by atoms with E-state index in [-0.39, 0.29) is 17.7 Å². The van der Waals surface area contributed by atoms with Crippen molar-refractivity contribution in [2.45, 2.75) is 32.1 Å². The topological polar surface area (TPSA) is 100 Å². The van der Waals surface area contributed by atoms with Crippen LogP contribution in [-0.2, 0) is 10.6 Å². The van der Waals surface area contributed by atoms with Crippen LogP contribution in [-0.4, -0.2) is 27.2 Å². The molecule has 0 saturated carbocycles. The normalized spacial score (nSPS) is 28.5. The van der Waals surface area contributed by atoms with Gasteiger partial charge in [0.1, 0.15) is 11.2 Å². The Balaban J connectivity index is 2.03. The maximum absolute atomic E-state index is 13.1. The molecule has 0 radical (unpaired) electrons. The van der Waals surface area contributed by atoms with Crippen LogP contribution in [0.4, 0.5) is 0 Å². The summed E-state index contributed by atoms with van der Waals surface area (Å²) in [5, 5.41) is 3.74. The van der Waals surface area contributed by atoms with Gasteiger partial charge in [-0.05, 0) is 25.0 Å². The van der Waals surface area contributed by atoms with Crippen LogP contribution in [0.5, 0.6) is 0 Å². The van der Waals surface area contributed by atoms with Gasteiger partial charge in [0.15, 0.2) is 0 Å². The van der Waals surface area contributed by atoms with Gasteiger partial charge >= 0.3 is 0 Å². The SMILES string of the molecule is CC(C)C1(C)C(=O)NC2(NN)c3nc4ccccc4cc3C(=O)N21. The van der Waals surface area contributed by atoms with Crippen molar-refractivity contribution >= 4 is 22.7 Å². The second-order valence-corrected chi connectivity index (χ2v) is 6.83. The van der Waals surface area contributed by atoms with E-state index in [4.69, 9.17) is 5.84 Å². The number of aromatic nitrogens is 1. The van der Waals surface area contributed by atoms with Gasteiger partial charge in [0, 0.05) is 5.39 Å². The number of amides is 2. The van der Waals surface area contributed by atoms with Crippen molar-refractivity contribution < 1.29 is 9.59 Å². The number of hydrogen-bond acceptors (Lipinski definition) is 5. The lowest BCUT2D eigenvalue weighted by molar-refractivity contribution is -0.127. The van der Waals surface area contributed by atoms with Crippen LogP contribution >= 0.6 is 0 Å². The third kappa shape index (κ3) is 1.51. The van der Waals surface area contributed by atoms with E-state index in [1.54, 1.807) is 6.92 Å². The molecule has 1 saturated heterocycles. The van der Waals surface area contributed by atoms with Crippen molar-refractivity contribution in [2.75, 3.05) is 0 Å². The number of fused-ring (bicyclic) bond motifs is 4. The van der Waals surface area contributed by atoms with Crippen LogP contribution in [0.3, 0.4) is 0 Å². The highest BCUT2D eigenvalue weighted by Crippen LogP contribution is 2.46. The quantitative estimate of drug-likeness (QED) is 0.560.